The van der Waals surface area contributed by atoms with E-state index in [0.29, 0.717) is 0 Å². The quantitative estimate of drug-likeness (QED) is 0.709. The molecule has 1 heteroatoms. The summed E-state index contributed by atoms with van der Waals surface area (Å²) in [5.74, 6) is 1.57. The Balaban J connectivity index is 1.78. The van der Waals surface area contributed by atoms with E-state index in [0.717, 1.165) is 11.8 Å². The van der Waals surface area contributed by atoms with Gasteiger partial charge in [-0.2, -0.15) is 0 Å². The molecule has 0 heterocycles. The fraction of sp³-hybridized carbons (Fsp3) is 0.238. The summed E-state index contributed by atoms with van der Waals surface area (Å²) in [4.78, 5) is 2.37. The summed E-state index contributed by atoms with van der Waals surface area (Å²) >= 11 is 0. The van der Waals surface area contributed by atoms with Crippen LogP contribution in [-0.2, 0) is 0 Å². The molecular formula is C21H21N. The lowest BCUT2D eigenvalue weighted by atomic mass is 10.1. The third-order valence-corrected chi connectivity index (χ3v) is 4.91. The molecule has 0 radical (unpaired) electrons. The number of allylic oxidation sites excluding steroid dienone is 3. The molecule has 1 fully saturated rings. The lowest BCUT2D eigenvalue weighted by molar-refractivity contribution is 0.762. The molecule has 4 rings (SSSR count). The fourth-order valence-corrected chi connectivity index (χ4v) is 3.42. The molecule has 2 aliphatic rings. The SMILES string of the molecule is Cc1ccc(N(C2=CCC3C(=C2)C3C)c2ccccc2)cc1. The molecule has 22 heavy (non-hydrogen) atoms. The maximum atomic E-state index is 2.39. The standard InChI is InChI=1S/C21H21N/c1-15-8-10-18(11-9-15)22(17-6-4-3-5-7-17)19-12-13-20-16(2)21(20)14-19/h3-12,14,16,20H,13H2,1-2H3. The molecule has 2 aromatic rings. The summed E-state index contributed by atoms with van der Waals surface area (Å²) in [7, 11) is 0. The van der Waals surface area contributed by atoms with E-state index in [9.17, 15) is 0 Å². The van der Waals surface area contributed by atoms with Crippen molar-refractivity contribution >= 4 is 11.4 Å². The van der Waals surface area contributed by atoms with Crippen LogP contribution in [0.15, 0.2) is 78.0 Å². The van der Waals surface area contributed by atoms with Crippen LogP contribution in [0.5, 0.6) is 0 Å². The predicted octanol–water partition coefficient (Wildman–Crippen LogP) is 5.61. The highest BCUT2D eigenvalue weighted by Crippen LogP contribution is 2.51. The van der Waals surface area contributed by atoms with Crippen molar-refractivity contribution in [2.75, 3.05) is 4.90 Å². The van der Waals surface area contributed by atoms with Crippen LogP contribution < -0.4 is 4.90 Å². The molecule has 1 saturated carbocycles. The van der Waals surface area contributed by atoms with Gasteiger partial charge < -0.3 is 4.90 Å². The number of aryl methyl sites for hydroxylation is 1. The highest BCUT2D eigenvalue weighted by molar-refractivity contribution is 5.71. The van der Waals surface area contributed by atoms with Gasteiger partial charge in [0.15, 0.2) is 0 Å². The molecule has 2 unspecified atom stereocenters. The minimum Gasteiger partial charge on any atom is -0.311 e. The van der Waals surface area contributed by atoms with Gasteiger partial charge in [0.25, 0.3) is 0 Å². The van der Waals surface area contributed by atoms with Crippen LogP contribution in [0.1, 0.15) is 18.9 Å². The molecule has 2 aromatic carbocycles. The number of rotatable bonds is 3. The molecule has 110 valence electrons. The Morgan fingerprint density at radius 1 is 0.909 bits per heavy atom. The van der Waals surface area contributed by atoms with Crippen molar-refractivity contribution in [2.24, 2.45) is 11.8 Å². The Morgan fingerprint density at radius 3 is 2.27 bits per heavy atom. The minimum atomic E-state index is 0.768. The molecular weight excluding hydrogens is 266 g/mol. The normalized spacial score (nSPS) is 22.5. The largest absolute Gasteiger partial charge is 0.311 e. The van der Waals surface area contributed by atoms with Gasteiger partial charge in [0.2, 0.25) is 0 Å². The van der Waals surface area contributed by atoms with Crippen LogP contribution in [-0.4, -0.2) is 0 Å². The topological polar surface area (TPSA) is 3.24 Å². The van der Waals surface area contributed by atoms with Gasteiger partial charge in [0, 0.05) is 17.1 Å². The average Bonchev–Trinajstić information content (AvgIpc) is 3.20. The summed E-state index contributed by atoms with van der Waals surface area (Å²) in [5.41, 5.74) is 6.67. The number of fused-ring (bicyclic) bond motifs is 1. The summed E-state index contributed by atoms with van der Waals surface area (Å²) in [6.45, 7) is 4.47. The number of anilines is 2. The van der Waals surface area contributed by atoms with E-state index < -0.39 is 0 Å². The summed E-state index contributed by atoms with van der Waals surface area (Å²) < 4.78 is 0. The first-order valence-electron chi connectivity index (χ1n) is 8.07. The Kier molecular flexibility index (Phi) is 3.15. The van der Waals surface area contributed by atoms with Gasteiger partial charge in [-0.15, -0.1) is 0 Å². The van der Waals surface area contributed by atoms with E-state index in [-0.39, 0.29) is 0 Å². The highest BCUT2D eigenvalue weighted by Gasteiger charge is 2.41. The second kappa shape index (κ2) is 5.17. The van der Waals surface area contributed by atoms with E-state index in [4.69, 9.17) is 0 Å². The fourth-order valence-electron chi connectivity index (χ4n) is 3.42. The number of hydrogen-bond donors (Lipinski definition) is 0. The molecule has 2 aliphatic carbocycles. The van der Waals surface area contributed by atoms with Gasteiger partial charge in [-0.1, -0.05) is 54.5 Å². The van der Waals surface area contributed by atoms with E-state index in [1.54, 1.807) is 5.57 Å². The number of hydrogen-bond acceptors (Lipinski definition) is 1. The van der Waals surface area contributed by atoms with E-state index >= 15 is 0 Å². The van der Waals surface area contributed by atoms with Gasteiger partial charge in [-0.05, 0) is 55.5 Å². The van der Waals surface area contributed by atoms with E-state index in [2.05, 4.69) is 85.5 Å². The number of nitrogens with zero attached hydrogens (tertiary/aromatic N) is 1. The zero-order valence-corrected chi connectivity index (χ0v) is 13.2. The molecule has 0 aromatic heterocycles. The molecule has 0 saturated heterocycles. The molecule has 0 aliphatic heterocycles. The third-order valence-electron chi connectivity index (χ3n) is 4.91. The highest BCUT2D eigenvalue weighted by atomic mass is 15.1. The van der Waals surface area contributed by atoms with Gasteiger partial charge in [-0.25, -0.2) is 0 Å². The lowest BCUT2D eigenvalue weighted by Gasteiger charge is -2.27. The Morgan fingerprint density at radius 2 is 1.59 bits per heavy atom. The molecule has 2 atom stereocenters. The van der Waals surface area contributed by atoms with Crippen LogP contribution in [0.4, 0.5) is 11.4 Å². The van der Waals surface area contributed by atoms with Crippen molar-refractivity contribution in [3.8, 4) is 0 Å². The van der Waals surface area contributed by atoms with E-state index in [1.165, 1.54) is 29.1 Å². The Hall–Kier alpha value is -2.28. The monoisotopic (exact) mass is 287 g/mol. The van der Waals surface area contributed by atoms with Crippen LogP contribution in [0.3, 0.4) is 0 Å². The van der Waals surface area contributed by atoms with Crippen LogP contribution >= 0.6 is 0 Å². The van der Waals surface area contributed by atoms with Gasteiger partial charge in [0.1, 0.15) is 0 Å². The van der Waals surface area contributed by atoms with Gasteiger partial charge in [-0.3, -0.25) is 0 Å². The minimum absolute atomic E-state index is 0.768. The predicted molar refractivity (Wildman–Crippen MR) is 93.2 cm³/mol. The maximum absolute atomic E-state index is 2.39. The first kappa shape index (κ1) is 13.4. The second-order valence-electron chi connectivity index (χ2n) is 6.41. The van der Waals surface area contributed by atoms with Crippen LogP contribution in [0, 0.1) is 18.8 Å². The third kappa shape index (κ3) is 2.27. The van der Waals surface area contributed by atoms with Crippen molar-refractivity contribution in [3.05, 3.63) is 83.6 Å². The molecule has 1 nitrogen and oxygen atoms in total. The van der Waals surface area contributed by atoms with Crippen molar-refractivity contribution in [3.63, 3.8) is 0 Å². The zero-order valence-electron chi connectivity index (χ0n) is 13.2. The van der Waals surface area contributed by atoms with Crippen LogP contribution in [0.2, 0.25) is 0 Å². The Bertz CT molecular complexity index is 737. The smallest absolute Gasteiger partial charge is 0.0461 e. The first-order chi connectivity index (χ1) is 10.7. The van der Waals surface area contributed by atoms with Gasteiger partial charge >= 0.3 is 0 Å². The summed E-state index contributed by atoms with van der Waals surface area (Å²) in [6.07, 6.45) is 5.97. The zero-order chi connectivity index (χ0) is 15.1. The summed E-state index contributed by atoms with van der Waals surface area (Å²) in [6, 6.07) is 19.4. The first-order valence-corrected chi connectivity index (χ1v) is 8.07. The van der Waals surface area contributed by atoms with Gasteiger partial charge in [0.05, 0.1) is 0 Å². The van der Waals surface area contributed by atoms with Crippen molar-refractivity contribution in [1.29, 1.82) is 0 Å². The molecule has 0 spiro atoms. The van der Waals surface area contributed by atoms with E-state index in [1.807, 2.05) is 0 Å². The van der Waals surface area contributed by atoms with Crippen LogP contribution in [0.25, 0.3) is 0 Å². The second-order valence-corrected chi connectivity index (χ2v) is 6.41. The average molecular weight is 287 g/mol. The lowest BCUT2D eigenvalue weighted by Crippen LogP contribution is -2.16. The summed E-state index contributed by atoms with van der Waals surface area (Å²) in [5, 5.41) is 0. The molecule has 0 amide bonds. The molecule has 0 N–H and O–H groups in total. The van der Waals surface area contributed by atoms with Crippen molar-refractivity contribution in [1.82, 2.24) is 0 Å². The van der Waals surface area contributed by atoms with Crippen molar-refractivity contribution < 1.29 is 0 Å². The number of para-hydroxylation sites is 1. The Labute approximate surface area is 132 Å². The number of benzene rings is 2. The van der Waals surface area contributed by atoms with Crippen molar-refractivity contribution in [2.45, 2.75) is 20.3 Å². The maximum Gasteiger partial charge on any atom is 0.0461 e. The molecule has 0 bridgehead atoms.